The molecule has 0 amide bonds. The molecule has 2 rings (SSSR count). The minimum absolute atomic E-state index is 0.317. The minimum Gasteiger partial charge on any atom is -0.507 e. The Morgan fingerprint density at radius 2 is 1.82 bits per heavy atom. The molecule has 0 radical (unpaired) electrons. The number of hydrogen-bond acceptors (Lipinski definition) is 3. The first-order valence-corrected chi connectivity index (χ1v) is 6.89. The SMILES string of the molecule is COc1ccc(Sc2ccc(I)cc2O)cc1. The van der Waals surface area contributed by atoms with Gasteiger partial charge in [0.15, 0.2) is 0 Å². The van der Waals surface area contributed by atoms with E-state index in [0.717, 1.165) is 19.1 Å². The van der Waals surface area contributed by atoms with Gasteiger partial charge in [-0.2, -0.15) is 0 Å². The lowest BCUT2D eigenvalue weighted by Gasteiger charge is -2.05. The van der Waals surface area contributed by atoms with Crippen LogP contribution in [0.15, 0.2) is 52.3 Å². The molecule has 0 aliphatic carbocycles. The first-order valence-electron chi connectivity index (χ1n) is 4.99. The average Bonchev–Trinajstić information content (AvgIpc) is 2.34. The predicted octanol–water partition coefficient (Wildman–Crippen LogP) is 4.16. The Bertz CT molecular complexity index is 511. The maximum absolute atomic E-state index is 9.80. The second-order valence-electron chi connectivity index (χ2n) is 3.39. The second kappa shape index (κ2) is 5.64. The highest BCUT2D eigenvalue weighted by Crippen LogP contribution is 2.35. The smallest absolute Gasteiger partial charge is 0.130 e. The Hall–Kier alpha value is -0.880. The van der Waals surface area contributed by atoms with Crippen LogP contribution in [0.25, 0.3) is 0 Å². The molecular formula is C13H11IO2S. The molecule has 17 heavy (non-hydrogen) atoms. The summed E-state index contributed by atoms with van der Waals surface area (Å²) in [7, 11) is 1.65. The zero-order chi connectivity index (χ0) is 12.3. The number of rotatable bonds is 3. The Labute approximate surface area is 118 Å². The van der Waals surface area contributed by atoms with Gasteiger partial charge in [-0.25, -0.2) is 0 Å². The number of methoxy groups -OCH3 is 1. The van der Waals surface area contributed by atoms with Crippen molar-refractivity contribution in [3.63, 3.8) is 0 Å². The third kappa shape index (κ3) is 3.29. The van der Waals surface area contributed by atoms with E-state index in [1.165, 1.54) is 11.8 Å². The fraction of sp³-hybridized carbons (Fsp3) is 0.0769. The van der Waals surface area contributed by atoms with Gasteiger partial charge in [0.1, 0.15) is 11.5 Å². The molecule has 2 nitrogen and oxygen atoms in total. The number of halogens is 1. The van der Waals surface area contributed by atoms with Crippen molar-refractivity contribution in [2.24, 2.45) is 0 Å². The van der Waals surface area contributed by atoms with Gasteiger partial charge in [0.2, 0.25) is 0 Å². The lowest BCUT2D eigenvalue weighted by molar-refractivity contribution is 0.414. The van der Waals surface area contributed by atoms with E-state index >= 15 is 0 Å². The molecule has 0 fully saturated rings. The Kier molecular flexibility index (Phi) is 4.17. The van der Waals surface area contributed by atoms with Crippen LogP contribution in [0.5, 0.6) is 11.5 Å². The number of hydrogen-bond donors (Lipinski definition) is 1. The van der Waals surface area contributed by atoms with Crippen LogP contribution in [0.3, 0.4) is 0 Å². The predicted molar refractivity (Wildman–Crippen MR) is 77.9 cm³/mol. The third-order valence-corrected chi connectivity index (χ3v) is 3.95. The van der Waals surface area contributed by atoms with Crippen LogP contribution in [-0.2, 0) is 0 Å². The van der Waals surface area contributed by atoms with Crippen molar-refractivity contribution in [1.82, 2.24) is 0 Å². The summed E-state index contributed by atoms with van der Waals surface area (Å²) in [6, 6.07) is 13.4. The Balaban J connectivity index is 2.19. The van der Waals surface area contributed by atoms with Crippen molar-refractivity contribution in [3.8, 4) is 11.5 Å². The van der Waals surface area contributed by atoms with E-state index < -0.39 is 0 Å². The van der Waals surface area contributed by atoms with E-state index in [0.29, 0.717) is 5.75 Å². The zero-order valence-corrected chi connectivity index (χ0v) is 12.2. The molecular weight excluding hydrogens is 347 g/mol. The highest BCUT2D eigenvalue weighted by molar-refractivity contribution is 14.1. The molecule has 0 saturated carbocycles. The molecule has 4 heteroatoms. The number of benzene rings is 2. The minimum atomic E-state index is 0.317. The summed E-state index contributed by atoms with van der Waals surface area (Å²) in [6.45, 7) is 0. The number of phenols is 1. The van der Waals surface area contributed by atoms with Crippen molar-refractivity contribution in [2.45, 2.75) is 9.79 Å². The molecule has 0 heterocycles. The highest BCUT2D eigenvalue weighted by atomic mass is 127. The van der Waals surface area contributed by atoms with Gasteiger partial charge in [-0.05, 0) is 65.1 Å². The number of ether oxygens (including phenoxy) is 1. The summed E-state index contributed by atoms with van der Waals surface area (Å²) in [4.78, 5) is 1.93. The first-order chi connectivity index (χ1) is 8.19. The van der Waals surface area contributed by atoms with E-state index in [4.69, 9.17) is 4.74 Å². The van der Waals surface area contributed by atoms with Crippen LogP contribution < -0.4 is 4.74 Å². The van der Waals surface area contributed by atoms with Gasteiger partial charge < -0.3 is 9.84 Å². The van der Waals surface area contributed by atoms with Crippen molar-refractivity contribution in [2.75, 3.05) is 7.11 Å². The summed E-state index contributed by atoms with van der Waals surface area (Å²) in [5, 5.41) is 9.80. The van der Waals surface area contributed by atoms with E-state index in [2.05, 4.69) is 22.6 Å². The van der Waals surface area contributed by atoms with Crippen LogP contribution in [0.1, 0.15) is 0 Å². The van der Waals surface area contributed by atoms with E-state index in [9.17, 15) is 5.11 Å². The van der Waals surface area contributed by atoms with E-state index in [1.54, 1.807) is 13.2 Å². The molecule has 0 aliphatic heterocycles. The molecule has 2 aromatic carbocycles. The summed E-state index contributed by atoms with van der Waals surface area (Å²) in [6.07, 6.45) is 0. The largest absolute Gasteiger partial charge is 0.507 e. The van der Waals surface area contributed by atoms with Crippen molar-refractivity contribution < 1.29 is 9.84 Å². The van der Waals surface area contributed by atoms with Crippen LogP contribution >= 0.6 is 34.4 Å². The molecule has 88 valence electrons. The molecule has 0 atom stereocenters. The fourth-order valence-corrected chi connectivity index (χ4v) is 2.65. The maximum Gasteiger partial charge on any atom is 0.130 e. The monoisotopic (exact) mass is 358 g/mol. The number of aromatic hydroxyl groups is 1. The van der Waals surface area contributed by atoms with Gasteiger partial charge in [0.25, 0.3) is 0 Å². The summed E-state index contributed by atoms with van der Waals surface area (Å²) in [5.41, 5.74) is 0. The van der Waals surface area contributed by atoms with E-state index in [-0.39, 0.29) is 0 Å². The molecule has 0 saturated heterocycles. The molecule has 0 bridgehead atoms. The molecule has 0 aromatic heterocycles. The van der Waals surface area contributed by atoms with Gasteiger partial charge in [-0.15, -0.1) is 0 Å². The summed E-state index contributed by atoms with van der Waals surface area (Å²) < 4.78 is 6.13. The van der Waals surface area contributed by atoms with Crippen molar-refractivity contribution in [1.29, 1.82) is 0 Å². The van der Waals surface area contributed by atoms with Crippen molar-refractivity contribution >= 4 is 34.4 Å². The zero-order valence-electron chi connectivity index (χ0n) is 9.18. The molecule has 0 spiro atoms. The van der Waals surface area contributed by atoms with Gasteiger partial charge in [0.05, 0.1) is 12.0 Å². The van der Waals surface area contributed by atoms with Crippen LogP contribution in [0.4, 0.5) is 0 Å². The lowest BCUT2D eigenvalue weighted by atomic mass is 10.3. The molecule has 1 N–H and O–H groups in total. The summed E-state index contributed by atoms with van der Waals surface area (Å²) in [5.74, 6) is 1.15. The van der Waals surface area contributed by atoms with Crippen molar-refractivity contribution in [3.05, 3.63) is 46.0 Å². The van der Waals surface area contributed by atoms with Crippen LogP contribution in [0.2, 0.25) is 0 Å². The molecule has 0 aliphatic rings. The quantitative estimate of drug-likeness (QED) is 0.836. The fourth-order valence-electron chi connectivity index (χ4n) is 1.35. The average molecular weight is 358 g/mol. The van der Waals surface area contributed by atoms with Gasteiger partial charge in [-0.1, -0.05) is 11.8 Å². The Morgan fingerprint density at radius 3 is 2.41 bits per heavy atom. The topological polar surface area (TPSA) is 29.5 Å². The van der Waals surface area contributed by atoms with Crippen LogP contribution in [-0.4, -0.2) is 12.2 Å². The van der Waals surface area contributed by atoms with Gasteiger partial charge in [-0.3, -0.25) is 0 Å². The summed E-state index contributed by atoms with van der Waals surface area (Å²) >= 11 is 3.71. The standard InChI is InChI=1S/C13H11IO2S/c1-16-10-3-5-11(6-4-10)17-13-7-2-9(14)8-12(13)15/h2-8,15H,1H3. The number of phenolic OH excluding ortho intramolecular Hbond substituents is 1. The van der Waals surface area contributed by atoms with Gasteiger partial charge >= 0.3 is 0 Å². The third-order valence-electron chi connectivity index (χ3n) is 2.21. The normalized spacial score (nSPS) is 10.2. The lowest BCUT2D eigenvalue weighted by Crippen LogP contribution is -1.81. The molecule has 0 unspecified atom stereocenters. The van der Waals surface area contributed by atoms with E-state index in [1.807, 2.05) is 36.4 Å². The van der Waals surface area contributed by atoms with Crippen LogP contribution in [0, 0.1) is 3.57 Å². The van der Waals surface area contributed by atoms with Gasteiger partial charge in [0, 0.05) is 8.47 Å². The second-order valence-corrected chi connectivity index (χ2v) is 5.75. The Morgan fingerprint density at radius 1 is 1.12 bits per heavy atom. The first kappa shape index (κ1) is 12.6. The maximum atomic E-state index is 9.80. The highest BCUT2D eigenvalue weighted by Gasteiger charge is 2.04. The molecule has 2 aromatic rings.